The lowest BCUT2D eigenvalue weighted by Gasteiger charge is -2.14. The lowest BCUT2D eigenvalue weighted by molar-refractivity contribution is -0.114. The molecule has 0 aliphatic carbocycles. The highest BCUT2D eigenvalue weighted by Crippen LogP contribution is 2.21. The summed E-state index contributed by atoms with van der Waals surface area (Å²) in [6.07, 6.45) is 3.47. The first kappa shape index (κ1) is 18.8. The fraction of sp³-hybridized carbons (Fsp3) is 0.182. The Kier molecular flexibility index (Phi) is 5.31. The van der Waals surface area contributed by atoms with E-state index in [1.54, 1.807) is 12.4 Å². The van der Waals surface area contributed by atoms with E-state index in [2.05, 4.69) is 20.4 Å². The van der Waals surface area contributed by atoms with Gasteiger partial charge in [-0.1, -0.05) is 11.2 Å². The van der Waals surface area contributed by atoms with E-state index in [1.165, 1.54) is 6.92 Å². The molecule has 0 bridgehead atoms. The Morgan fingerprint density at radius 1 is 1.07 bits per heavy atom. The van der Waals surface area contributed by atoms with Gasteiger partial charge in [0, 0.05) is 48.6 Å². The van der Waals surface area contributed by atoms with E-state index in [0.717, 1.165) is 39.3 Å². The highest BCUT2D eigenvalue weighted by molar-refractivity contribution is 5.92. The Hall–Kier alpha value is -3.58. The maximum Gasteiger partial charge on any atom is 0.221 e. The third-order valence-electron chi connectivity index (χ3n) is 4.46. The lowest BCUT2D eigenvalue weighted by atomic mass is 10.1. The van der Waals surface area contributed by atoms with Crippen LogP contribution in [0.5, 0.6) is 0 Å². The van der Waals surface area contributed by atoms with Crippen molar-refractivity contribution in [2.24, 2.45) is 0 Å². The minimum Gasteiger partial charge on any atom is -0.359 e. The summed E-state index contributed by atoms with van der Waals surface area (Å²) in [7, 11) is 2.01. The zero-order valence-corrected chi connectivity index (χ0v) is 16.3. The Bertz CT molecular complexity index is 1140. The number of hydrogen-bond donors (Lipinski definition) is 1. The molecule has 7 heteroatoms. The monoisotopic (exact) mass is 387 g/mol. The predicted molar refractivity (Wildman–Crippen MR) is 111 cm³/mol. The van der Waals surface area contributed by atoms with Crippen molar-refractivity contribution in [2.45, 2.75) is 20.0 Å². The number of pyridine rings is 2. The molecule has 0 saturated heterocycles. The summed E-state index contributed by atoms with van der Waals surface area (Å²) in [5, 5.41) is 7.92. The number of hydrogen-bond acceptors (Lipinski definition) is 6. The van der Waals surface area contributed by atoms with Crippen LogP contribution in [-0.2, 0) is 17.9 Å². The molecule has 0 unspecified atom stereocenters. The van der Waals surface area contributed by atoms with Gasteiger partial charge in [-0.25, -0.2) is 0 Å². The van der Waals surface area contributed by atoms with Crippen LogP contribution >= 0.6 is 0 Å². The van der Waals surface area contributed by atoms with Gasteiger partial charge in [-0.2, -0.15) is 0 Å². The molecule has 0 fully saturated rings. The van der Waals surface area contributed by atoms with E-state index >= 15 is 0 Å². The number of aromatic nitrogens is 3. The minimum absolute atomic E-state index is 0.0879. The van der Waals surface area contributed by atoms with E-state index in [4.69, 9.17) is 9.51 Å². The molecule has 3 aromatic heterocycles. The average Bonchev–Trinajstić information content (AvgIpc) is 3.16. The molecule has 3 heterocycles. The van der Waals surface area contributed by atoms with Gasteiger partial charge in [0.15, 0.2) is 5.76 Å². The van der Waals surface area contributed by atoms with Crippen LogP contribution in [0.1, 0.15) is 18.4 Å². The highest BCUT2D eigenvalue weighted by atomic mass is 16.5. The molecule has 1 amide bonds. The molecule has 4 aromatic rings. The molecule has 0 aliphatic heterocycles. The predicted octanol–water partition coefficient (Wildman–Crippen LogP) is 3.88. The number of nitrogens with one attached hydrogen (secondary N) is 1. The minimum atomic E-state index is -0.0879. The van der Waals surface area contributed by atoms with Gasteiger partial charge >= 0.3 is 0 Å². The molecule has 0 spiro atoms. The van der Waals surface area contributed by atoms with Crippen LogP contribution in [-0.4, -0.2) is 33.0 Å². The van der Waals surface area contributed by atoms with Crippen LogP contribution in [0.3, 0.4) is 0 Å². The first-order valence-electron chi connectivity index (χ1n) is 9.28. The molecule has 0 radical (unpaired) electrons. The molecule has 146 valence electrons. The molecule has 7 nitrogen and oxygen atoms in total. The molecule has 1 aromatic carbocycles. The van der Waals surface area contributed by atoms with Crippen molar-refractivity contribution in [3.8, 4) is 11.3 Å². The Morgan fingerprint density at radius 3 is 2.69 bits per heavy atom. The molecule has 4 rings (SSSR count). The Labute approximate surface area is 168 Å². The average molecular weight is 387 g/mol. The van der Waals surface area contributed by atoms with Crippen molar-refractivity contribution in [3.63, 3.8) is 0 Å². The van der Waals surface area contributed by atoms with Crippen molar-refractivity contribution in [2.75, 3.05) is 12.4 Å². The van der Waals surface area contributed by atoms with Crippen LogP contribution in [0.15, 0.2) is 65.4 Å². The number of carbonyl (C=O) groups excluding carboxylic acids is 1. The van der Waals surface area contributed by atoms with E-state index in [-0.39, 0.29) is 5.91 Å². The van der Waals surface area contributed by atoms with Gasteiger partial charge < -0.3 is 9.84 Å². The highest BCUT2D eigenvalue weighted by Gasteiger charge is 2.10. The Morgan fingerprint density at radius 2 is 1.90 bits per heavy atom. The van der Waals surface area contributed by atoms with Crippen LogP contribution in [0.2, 0.25) is 0 Å². The molecule has 29 heavy (non-hydrogen) atoms. The number of carbonyl (C=O) groups is 1. The number of anilines is 1. The van der Waals surface area contributed by atoms with Crippen molar-refractivity contribution in [3.05, 3.63) is 72.4 Å². The maximum absolute atomic E-state index is 11.2. The third kappa shape index (κ3) is 4.64. The van der Waals surface area contributed by atoms with Gasteiger partial charge in [-0.3, -0.25) is 19.7 Å². The molecule has 0 atom stereocenters. The zero-order valence-electron chi connectivity index (χ0n) is 16.3. The smallest absolute Gasteiger partial charge is 0.221 e. The molecule has 0 aliphatic rings. The van der Waals surface area contributed by atoms with Crippen molar-refractivity contribution in [1.82, 2.24) is 20.0 Å². The lowest BCUT2D eigenvalue weighted by Crippen LogP contribution is -2.17. The second-order valence-corrected chi connectivity index (χ2v) is 6.98. The van der Waals surface area contributed by atoms with Gasteiger partial charge in [0.2, 0.25) is 5.91 Å². The molecule has 1 N–H and O–H groups in total. The van der Waals surface area contributed by atoms with Crippen molar-refractivity contribution < 1.29 is 9.32 Å². The zero-order chi connectivity index (χ0) is 20.2. The van der Waals surface area contributed by atoms with Gasteiger partial charge in [0.1, 0.15) is 5.69 Å². The second kappa shape index (κ2) is 8.20. The van der Waals surface area contributed by atoms with Crippen molar-refractivity contribution >= 4 is 22.5 Å². The SMILES string of the molecule is CC(=O)Nc1ccc2nc(CN(C)Cc3cc(-c4ccncc4)no3)ccc2c1. The quantitative estimate of drug-likeness (QED) is 0.541. The largest absolute Gasteiger partial charge is 0.359 e. The standard InChI is InChI=1S/C22H21N5O2/c1-15(28)24-18-5-6-21-17(11-18)3-4-19(25-21)13-27(2)14-20-12-22(26-29-20)16-7-9-23-10-8-16/h3-12H,13-14H2,1-2H3,(H,24,28). The van der Waals surface area contributed by atoms with E-state index in [1.807, 2.05) is 55.6 Å². The van der Waals surface area contributed by atoms with Gasteiger partial charge in [-0.05, 0) is 43.4 Å². The van der Waals surface area contributed by atoms with Crippen LogP contribution in [0.25, 0.3) is 22.2 Å². The summed E-state index contributed by atoms with van der Waals surface area (Å²) in [5.74, 6) is 0.704. The number of fused-ring (bicyclic) bond motifs is 1. The summed E-state index contributed by atoms with van der Waals surface area (Å²) in [6, 6.07) is 15.5. The van der Waals surface area contributed by atoms with Crippen LogP contribution in [0, 0.1) is 0 Å². The van der Waals surface area contributed by atoms with Gasteiger partial charge in [-0.15, -0.1) is 0 Å². The summed E-state index contributed by atoms with van der Waals surface area (Å²) < 4.78 is 5.48. The summed E-state index contributed by atoms with van der Waals surface area (Å²) in [6.45, 7) is 2.80. The molecular weight excluding hydrogens is 366 g/mol. The Balaban J connectivity index is 1.43. The normalized spacial score (nSPS) is 11.1. The number of rotatable bonds is 6. The third-order valence-corrected chi connectivity index (χ3v) is 4.46. The fourth-order valence-corrected chi connectivity index (χ4v) is 3.18. The van der Waals surface area contributed by atoms with E-state index in [9.17, 15) is 4.79 Å². The number of nitrogens with zero attached hydrogens (tertiary/aromatic N) is 4. The first-order valence-corrected chi connectivity index (χ1v) is 9.28. The van der Waals surface area contributed by atoms with Crippen molar-refractivity contribution in [1.29, 1.82) is 0 Å². The van der Waals surface area contributed by atoms with E-state index in [0.29, 0.717) is 13.1 Å². The summed E-state index contributed by atoms with van der Waals surface area (Å²) >= 11 is 0. The van der Waals surface area contributed by atoms with Gasteiger partial charge in [0.05, 0.1) is 17.8 Å². The maximum atomic E-state index is 11.2. The number of benzene rings is 1. The summed E-state index contributed by atoms with van der Waals surface area (Å²) in [4.78, 5) is 22.1. The van der Waals surface area contributed by atoms with Gasteiger partial charge in [0.25, 0.3) is 0 Å². The van der Waals surface area contributed by atoms with Crippen LogP contribution in [0.4, 0.5) is 5.69 Å². The first-order chi connectivity index (χ1) is 14.1. The van der Waals surface area contributed by atoms with Crippen LogP contribution < -0.4 is 5.32 Å². The topological polar surface area (TPSA) is 84.2 Å². The summed E-state index contributed by atoms with van der Waals surface area (Å²) in [5.41, 5.74) is 4.40. The number of amides is 1. The second-order valence-electron chi connectivity index (χ2n) is 6.98. The fourth-order valence-electron chi connectivity index (χ4n) is 3.18. The molecule has 0 saturated carbocycles. The molecular formula is C22H21N5O2. The van der Waals surface area contributed by atoms with E-state index < -0.39 is 0 Å².